The first kappa shape index (κ1) is 42.0. The zero-order valence-electron chi connectivity index (χ0n) is 29.0. The van der Waals surface area contributed by atoms with Crippen molar-refractivity contribution >= 4 is 35.4 Å². The van der Waals surface area contributed by atoms with E-state index in [9.17, 15) is 14.7 Å². The van der Waals surface area contributed by atoms with Gasteiger partial charge in [0.1, 0.15) is 6.04 Å². The molecule has 2 aromatic carbocycles. The van der Waals surface area contributed by atoms with Gasteiger partial charge in [-0.1, -0.05) is 96.7 Å². The lowest BCUT2D eigenvalue weighted by Gasteiger charge is -2.25. The highest BCUT2D eigenvalue weighted by Crippen LogP contribution is 2.33. The summed E-state index contributed by atoms with van der Waals surface area (Å²) in [5, 5.41) is 14.0. The van der Waals surface area contributed by atoms with Gasteiger partial charge in [-0.3, -0.25) is 4.79 Å². The van der Waals surface area contributed by atoms with Gasteiger partial charge in [-0.05, 0) is 85.8 Å². The molecule has 1 fully saturated rings. The largest absolute Gasteiger partial charge is 0.480 e. The molecule has 0 radical (unpaired) electrons. The van der Waals surface area contributed by atoms with Crippen molar-refractivity contribution in [1.29, 1.82) is 0 Å². The molecule has 7 heteroatoms. The summed E-state index contributed by atoms with van der Waals surface area (Å²) in [6, 6.07) is 12.8. The monoisotopic (exact) mass is 647 g/mol. The first-order valence-corrected chi connectivity index (χ1v) is 18.9. The van der Waals surface area contributed by atoms with E-state index >= 15 is 0 Å². The number of methoxy groups -OCH3 is 1. The van der Waals surface area contributed by atoms with Crippen molar-refractivity contribution in [2.45, 2.75) is 122 Å². The molecule has 0 bridgehead atoms. The summed E-state index contributed by atoms with van der Waals surface area (Å²) >= 11 is 3.85. The number of carbonyl (C=O) groups is 2. The lowest BCUT2D eigenvalue weighted by Crippen LogP contribution is -2.41. The quantitative estimate of drug-likeness (QED) is 0.225. The summed E-state index contributed by atoms with van der Waals surface area (Å²) in [6.45, 7) is 12.7. The number of benzene rings is 2. The van der Waals surface area contributed by atoms with E-state index < -0.39 is 12.0 Å². The van der Waals surface area contributed by atoms with Gasteiger partial charge in [0.15, 0.2) is 0 Å². The summed E-state index contributed by atoms with van der Waals surface area (Å²) < 4.78 is 4.25. The van der Waals surface area contributed by atoms with Crippen LogP contribution in [0, 0.1) is 6.92 Å². The van der Waals surface area contributed by atoms with Crippen LogP contribution in [0.5, 0.6) is 0 Å². The molecule has 0 aromatic heterocycles. The van der Waals surface area contributed by atoms with E-state index in [0.717, 1.165) is 39.2 Å². The molecule has 250 valence electrons. The van der Waals surface area contributed by atoms with Crippen LogP contribution in [0.2, 0.25) is 0 Å². The van der Waals surface area contributed by atoms with Crippen LogP contribution in [-0.4, -0.2) is 59.8 Å². The first-order chi connectivity index (χ1) is 21.3. The van der Waals surface area contributed by atoms with Gasteiger partial charge in [-0.25, -0.2) is 4.79 Å². The Morgan fingerprint density at radius 2 is 1.61 bits per heavy atom. The number of aliphatic carboxylic acids is 1. The molecule has 0 saturated heterocycles. The molecule has 2 unspecified atom stereocenters. The van der Waals surface area contributed by atoms with E-state index in [1.165, 1.54) is 51.4 Å². The van der Waals surface area contributed by atoms with Crippen molar-refractivity contribution in [1.82, 2.24) is 5.32 Å². The molecule has 1 aliphatic carbocycles. The second-order valence-electron chi connectivity index (χ2n) is 10.8. The number of hydrogen-bond acceptors (Lipinski definition) is 5. The van der Waals surface area contributed by atoms with Crippen molar-refractivity contribution in [3.05, 3.63) is 59.2 Å². The molecule has 1 saturated carbocycles. The Hall–Kier alpha value is -1.96. The molecule has 2 aromatic rings. The summed E-state index contributed by atoms with van der Waals surface area (Å²) in [5.74, 6) is -0.675. The molecule has 0 aliphatic heterocycles. The van der Waals surface area contributed by atoms with E-state index in [0.29, 0.717) is 17.7 Å². The number of nitrogens with one attached hydrogen (secondary N) is 1. The number of aryl methyl sites for hydroxylation is 2. The molecule has 5 nitrogen and oxygen atoms in total. The third-order valence-electron chi connectivity index (χ3n) is 7.39. The summed E-state index contributed by atoms with van der Waals surface area (Å²) in [6.07, 6.45) is 14.8. The van der Waals surface area contributed by atoms with E-state index in [1.807, 2.05) is 63.4 Å². The van der Waals surface area contributed by atoms with Crippen LogP contribution in [0.25, 0.3) is 11.1 Å². The fourth-order valence-corrected chi connectivity index (χ4v) is 7.19. The summed E-state index contributed by atoms with van der Waals surface area (Å²) in [5.41, 5.74) is 4.55. The van der Waals surface area contributed by atoms with Crippen molar-refractivity contribution in [2.75, 3.05) is 26.2 Å². The standard InChI is InChI=1S/C21H25NO3S.C12H24S.C2H6O.C2H6/c1-4-15-9-10-17(18(13-15)16-8-6-5-7-14(16)2)20(23)22-19(21(24)25)11-12-26-3;1-3-8-11(4-2)13-12-9-6-5-7-10-12;1-3-2;1-2/h5-10,13,19H,4,11-12H2,1-3H3,(H,22,23)(H,24,25);11-12H,3-10H2,1-2H3;1-2H3;1-2H3. The van der Waals surface area contributed by atoms with Crippen molar-refractivity contribution in [3.63, 3.8) is 0 Å². The maximum absolute atomic E-state index is 12.8. The molecule has 0 spiro atoms. The summed E-state index contributed by atoms with van der Waals surface area (Å²) in [4.78, 5) is 24.3. The predicted octanol–water partition coefficient (Wildman–Crippen LogP) is 10.1. The minimum atomic E-state index is -1.00. The van der Waals surface area contributed by atoms with Gasteiger partial charge in [0.05, 0.1) is 0 Å². The van der Waals surface area contributed by atoms with Crippen molar-refractivity contribution < 1.29 is 19.4 Å². The number of hydrogen-bond donors (Lipinski definition) is 2. The Morgan fingerprint density at radius 1 is 0.977 bits per heavy atom. The second kappa shape index (κ2) is 26.3. The number of carbonyl (C=O) groups excluding carboxylic acids is 1. The lowest BCUT2D eigenvalue weighted by molar-refractivity contribution is -0.139. The highest BCUT2D eigenvalue weighted by Gasteiger charge is 2.22. The predicted molar refractivity (Wildman–Crippen MR) is 196 cm³/mol. The topological polar surface area (TPSA) is 75.6 Å². The van der Waals surface area contributed by atoms with E-state index in [-0.39, 0.29) is 5.91 Å². The van der Waals surface area contributed by atoms with Crippen LogP contribution in [-0.2, 0) is 16.0 Å². The van der Waals surface area contributed by atoms with Gasteiger partial charge in [-0.15, -0.1) is 0 Å². The van der Waals surface area contributed by atoms with Gasteiger partial charge in [0.2, 0.25) is 0 Å². The lowest BCUT2D eigenvalue weighted by atomic mass is 9.93. The fraction of sp³-hybridized carbons (Fsp3) is 0.622. The second-order valence-corrected chi connectivity index (χ2v) is 13.4. The zero-order valence-corrected chi connectivity index (χ0v) is 30.7. The van der Waals surface area contributed by atoms with E-state index in [1.54, 1.807) is 32.0 Å². The van der Waals surface area contributed by atoms with Crippen LogP contribution in [0.15, 0.2) is 42.5 Å². The fourth-order valence-electron chi connectivity index (χ4n) is 5.00. The Bertz CT molecular complexity index is 1040. The van der Waals surface area contributed by atoms with Gasteiger partial charge < -0.3 is 15.2 Å². The minimum Gasteiger partial charge on any atom is -0.480 e. The van der Waals surface area contributed by atoms with Gasteiger partial charge in [0.25, 0.3) is 5.91 Å². The van der Waals surface area contributed by atoms with E-state index in [4.69, 9.17) is 0 Å². The Labute approximate surface area is 278 Å². The van der Waals surface area contributed by atoms with Crippen LogP contribution >= 0.6 is 23.5 Å². The van der Waals surface area contributed by atoms with E-state index in [2.05, 4.69) is 42.6 Å². The number of ether oxygens (including phenoxy) is 1. The van der Waals surface area contributed by atoms with Gasteiger partial charge >= 0.3 is 5.97 Å². The maximum Gasteiger partial charge on any atom is 0.326 e. The van der Waals surface area contributed by atoms with Crippen LogP contribution in [0.4, 0.5) is 0 Å². The average Bonchev–Trinajstić information content (AvgIpc) is 3.04. The molecular formula is C37H61NO4S2. The normalized spacial score (nSPS) is 13.9. The minimum absolute atomic E-state index is 0.348. The Kier molecular flexibility index (Phi) is 25.1. The highest BCUT2D eigenvalue weighted by atomic mass is 32.2. The number of thioether (sulfide) groups is 2. The smallest absolute Gasteiger partial charge is 0.326 e. The average molecular weight is 648 g/mol. The molecule has 2 N–H and O–H groups in total. The molecule has 44 heavy (non-hydrogen) atoms. The molecule has 3 rings (SSSR count). The van der Waals surface area contributed by atoms with Crippen molar-refractivity contribution in [2.24, 2.45) is 0 Å². The number of amides is 1. The van der Waals surface area contributed by atoms with Crippen molar-refractivity contribution in [3.8, 4) is 11.1 Å². The molecule has 2 atom stereocenters. The summed E-state index contributed by atoms with van der Waals surface area (Å²) in [7, 11) is 3.25. The van der Waals surface area contributed by atoms with Gasteiger partial charge in [0, 0.05) is 30.3 Å². The number of carboxylic acids is 1. The SMILES string of the molecule is CC.CCCC(CC)SC1CCCCC1.CCc1ccc(C(=O)NC(CCSC)C(=O)O)c(-c2ccccc2C)c1.COC. The van der Waals surface area contributed by atoms with Gasteiger partial charge in [-0.2, -0.15) is 23.5 Å². The number of rotatable bonds is 13. The zero-order chi connectivity index (χ0) is 33.3. The maximum atomic E-state index is 12.8. The van der Waals surface area contributed by atoms with Crippen LogP contribution in [0.1, 0.15) is 114 Å². The molecule has 1 aliphatic rings. The third-order valence-corrected chi connectivity index (χ3v) is 9.84. The molecule has 0 heterocycles. The molecular weight excluding hydrogens is 587 g/mol. The number of carboxylic acid groups (broad SMARTS) is 1. The van der Waals surface area contributed by atoms with Crippen LogP contribution < -0.4 is 5.32 Å². The Morgan fingerprint density at radius 3 is 2.14 bits per heavy atom. The Balaban J connectivity index is 0.000000857. The highest BCUT2D eigenvalue weighted by molar-refractivity contribution is 8.00. The first-order valence-electron chi connectivity index (χ1n) is 16.5. The molecule has 1 amide bonds. The third kappa shape index (κ3) is 16.4. The van der Waals surface area contributed by atoms with Crippen LogP contribution in [0.3, 0.4) is 0 Å².